The summed E-state index contributed by atoms with van der Waals surface area (Å²) in [6.07, 6.45) is 5.17. The molecule has 1 heterocycles. The number of carbonyl (C=O) groups excluding carboxylic acids is 1. The van der Waals surface area contributed by atoms with Crippen LogP contribution in [0.4, 0.5) is 0 Å². The van der Waals surface area contributed by atoms with Crippen LogP contribution in [0.2, 0.25) is 0 Å². The summed E-state index contributed by atoms with van der Waals surface area (Å²) in [7, 11) is 1.31. The molecule has 7 nitrogen and oxygen atoms in total. The molecule has 7 heteroatoms. The van der Waals surface area contributed by atoms with Crippen molar-refractivity contribution in [1.82, 2.24) is 15.0 Å². The lowest BCUT2D eigenvalue weighted by Gasteiger charge is -2.32. The van der Waals surface area contributed by atoms with Gasteiger partial charge >= 0.3 is 5.97 Å². The van der Waals surface area contributed by atoms with Crippen molar-refractivity contribution in [2.75, 3.05) is 13.7 Å². The molecule has 112 valence electrons. The van der Waals surface area contributed by atoms with Crippen LogP contribution in [0, 0.1) is 0 Å². The SMILES string of the molecule is COC(=O)c1nnn(CC2(O)CCCCC2)c1CCN. The van der Waals surface area contributed by atoms with E-state index in [1.54, 1.807) is 4.68 Å². The number of methoxy groups -OCH3 is 1. The molecule has 0 spiro atoms. The van der Waals surface area contributed by atoms with Gasteiger partial charge in [-0.1, -0.05) is 24.5 Å². The molecule has 0 saturated heterocycles. The third-order valence-corrected chi connectivity index (χ3v) is 3.83. The first-order valence-corrected chi connectivity index (χ1v) is 7.03. The van der Waals surface area contributed by atoms with Gasteiger partial charge < -0.3 is 15.6 Å². The van der Waals surface area contributed by atoms with E-state index in [2.05, 4.69) is 10.3 Å². The predicted octanol–water partition coefficient (Wildman–Crippen LogP) is 0.261. The molecule has 0 amide bonds. The Morgan fingerprint density at radius 2 is 2.15 bits per heavy atom. The number of rotatable bonds is 5. The first-order chi connectivity index (χ1) is 9.59. The molecular weight excluding hydrogens is 260 g/mol. The predicted molar refractivity (Wildman–Crippen MR) is 72.2 cm³/mol. The number of hydrogen-bond acceptors (Lipinski definition) is 6. The Hall–Kier alpha value is -1.47. The lowest BCUT2D eigenvalue weighted by molar-refractivity contribution is -0.0153. The highest BCUT2D eigenvalue weighted by Gasteiger charge is 2.32. The van der Waals surface area contributed by atoms with Crippen LogP contribution in [0.1, 0.15) is 48.3 Å². The van der Waals surface area contributed by atoms with Gasteiger partial charge in [0.05, 0.1) is 24.9 Å². The van der Waals surface area contributed by atoms with E-state index in [0.29, 0.717) is 25.2 Å². The molecule has 0 unspecified atom stereocenters. The van der Waals surface area contributed by atoms with Crippen LogP contribution in [-0.4, -0.2) is 45.3 Å². The van der Waals surface area contributed by atoms with Gasteiger partial charge in [0, 0.05) is 6.42 Å². The zero-order chi connectivity index (χ0) is 14.6. The summed E-state index contributed by atoms with van der Waals surface area (Å²) in [6, 6.07) is 0. The number of aromatic nitrogens is 3. The van der Waals surface area contributed by atoms with Crippen molar-refractivity contribution in [3.8, 4) is 0 Å². The number of hydrogen-bond donors (Lipinski definition) is 2. The lowest BCUT2D eigenvalue weighted by atomic mass is 9.85. The Labute approximate surface area is 118 Å². The van der Waals surface area contributed by atoms with Gasteiger partial charge in [-0.2, -0.15) is 0 Å². The molecule has 1 aromatic rings. The largest absolute Gasteiger partial charge is 0.464 e. The summed E-state index contributed by atoms with van der Waals surface area (Å²) in [6.45, 7) is 0.738. The van der Waals surface area contributed by atoms with Crippen LogP contribution in [0.5, 0.6) is 0 Å². The number of esters is 1. The van der Waals surface area contributed by atoms with Gasteiger partial charge in [-0.25, -0.2) is 9.48 Å². The van der Waals surface area contributed by atoms with E-state index in [1.807, 2.05) is 0 Å². The summed E-state index contributed by atoms with van der Waals surface area (Å²) in [5.41, 5.74) is 5.65. The normalized spacial score (nSPS) is 17.9. The molecule has 0 aromatic carbocycles. The minimum atomic E-state index is -0.761. The van der Waals surface area contributed by atoms with Crippen molar-refractivity contribution < 1.29 is 14.6 Å². The zero-order valence-corrected chi connectivity index (χ0v) is 11.8. The molecule has 0 atom stereocenters. The van der Waals surface area contributed by atoms with Gasteiger partial charge in [-0.15, -0.1) is 5.10 Å². The Kier molecular flexibility index (Phi) is 4.72. The first-order valence-electron chi connectivity index (χ1n) is 7.03. The van der Waals surface area contributed by atoms with Gasteiger partial charge in [0.25, 0.3) is 0 Å². The topological polar surface area (TPSA) is 103 Å². The van der Waals surface area contributed by atoms with E-state index >= 15 is 0 Å². The monoisotopic (exact) mass is 282 g/mol. The van der Waals surface area contributed by atoms with Gasteiger partial charge in [-0.3, -0.25) is 0 Å². The molecule has 1 aliphatic carbocycles. The summed E-state index contributed by atoms with van der Waals surface area (Å²) in [4.78, 5) is 11.7. The highest BCUT2D eigenvalue weighted by Crippen LogP contribution is 2.29. The number of nitrogens with two attached hydrogens (primary N) is 1. The molecule has 20 heavy (non-hydrogen) atoms. The van der Waals surface area contributed by atoms with Crippen molar-refractivity contribution in [2.24, 2.45) is 5.73 Å². The molecule has 1 aliphatic rings. The molecule has 0 bridgehead atoms. The number of carbonyl (C=O) groups is 1. The number of nitrogens with zero attached hydrogens (tertiary/aromatic N) is 3. The van der Waals surface area contributed by atoms with Crippen molar-refractivity contribution in [3.05, 3.63) is 11.4 Å². The molecule has 1 aromatic heterocycles. The fraction of sp³-hybridized carbons (Fsp3) is 0.769. The number of ether oxygens (including phenoxy) is 1. The minimum absolute atomic E-state index is 0.192. The van der Waals surface area contributed by atoms with Crippen molar-refractivity contribution in [1.29, 1.82) is 0 Å². The molecule has 1 fully saturated rings. The van der Waals surface area contributed by atoms with Crippen LogP contribution >= 0.6 is 0 Å². The van der Waals surface area contributed by atoms with Gasteiger partial charge in [0.2, 0.25) is 0 Å². The second-order valence-electron chi connectivity index (χ2n) is 5.36. The van der Waals surface area contributed by atoms with Crippen LogP contribution in [0.25, 0.3) is 0 Å². The lowest BCUT2D eigenvalue weighted by Crippen LogP contribution is -2.37. The van der Waals surface area contributed by atoms with Crippen molar-refractivity contribution >= 4 is 5.97 Å². The van der Waals surface area contributed by atoms with E-state index in [9.17, 15) is 9.90 Å². The molecule has 2 rings (SSSR count). The minimum Gasteiger partial charge on any atom is -0.464 e. The zero-order valence-electron chi connectivity index (χ0n) is 11.8. The fourth-order valence-corrected chi connectivity index (χ4v) is 2.75. The Bertz CT molecular complexity index is 466. The molecule has 0 aliphatic heterocycles. The Morgan fingerprint density at radius 1 is 1.45 bits per heavy atom. The molecular formula is C13H22N4O3. The van der Waals surface area contributed by atoms with Crippen molar-refractivity contribution in [3.63, 3.8) is 0 Å². The number of aliphatic hydroxyl groups is 1. The van der Waals surface area contributed by atoms with E-state index in [0.717, 1.165) is 32.1 Å². The summed E-state index contributed by atoms with van der Waals surface area (Å²) >= 11 is 0. The van der Waals surface area contributed by atoms with Crippen LogP contribution in [0.3, 0.4) is 0 Å². The highest BCUT2D eigenvalue weighted by molar-refractivity contribution is 5.88. The second kappa shape index (κ2) is 6.32. The smallest absolute Gasteiger partial charge is 0.360 e. The third-order valence-electron chi connectivity index (χ3n) is 3.83. The fourth-order valence-electron chi connectivity index (χ4n) is 2.75. The van der Waals surface area contributed by atoms with E-state index < -0.39 is 11.6 Å². The quantitative estimate of drug-likeness (QED) is 0.751. The molecule has 3 N–H and O–H groups in total. The first kappa shape index (κ1) is 14.9. The molecule has 0 radical (unpaired) electrons. The summed E-state index contributed by atoms with van der Waals surface area (Å²) < 4.78 is 6.30. The maximum atomic E-state index is 11.7. The van der Waals surface area contributed by atoms with Crippen LogP contribution < -0.4 is 5.73 Å². The van der Waals surface area contributed by atoms with Gasteiger partial charge in [0.1, 0.15) is 0 Å². The average molecular weight is 282 g/mol. The summed E-state index contributed by atoms with van der Waals surface area (Å²) in [5, 5.41) is 18.5. The maximum Gasteiger partial charge on any atom is 0.360 e. The Morgan fingerprint density at radius 3 is 2.75 bits per heavy atom. The van der Waals surface area contributed by atoms with E-state index in [1.165, 1.54) is 7.11 Å². The van der Waals surface area contributed by atoms with Gasteiger partial charge in [-0.05, 0) is 19.4 Å². The van der Waals surface area contributed by atoms with E-state index in [-0.39, 0.29) is 5.69 Å². The van der Waals surface area contributed by atoms with Crippen LogP contribution in [0.15, 0.2) is 0 Å². The standard InChI is InChI=1S/C13H22N4O3/c1-20-12(18)11-10(5-8-14)17(16-15-11)9-13(19)6-3-2-4-7-13/h19H,2-9,14H2,1H3. The third kappa shape index (κ3) is 3.16. The summed E-state index contributed by atoms with van der Waals surface area (Å²) in [5.74, 6) is -0.518. The maximum absolute atomic E-state index is 11.7. The van der Waals surface area contributed by atoms with E-state index in [4.69, 9.17) is 10.5 Å². The Balaban J connectivity index is 2.22. The van der Waals surface area contributed by atoms with Crippen molar-refractivity contribution in [2.45, 2.75) is 50.7 Å². The second-order valence-corrected chi connectivity index (χ2v) is 5.36. The molecule has 1 saturated carbocycles. The highest BCUT2D eigenvalue weighted by atomic mass is 16.5. The average Bonchev–Trinajstić information content (AvgIpc) is 2.82. The van der Waals surface area contributed by atoms with Gasteiger partial charge in [0.15, 0.2) is 5.69 Å². The van der Waals surface area contributed by atoms with Crippen LogP contribution in [-0.2, 0) is 17.7 Å².